The molecule has 3 rings (SSSR count). The van der Waals surface area contributed by atoms with E-state index in [0.29, 0.717) is 11.4 Å². The first-order valence-corrected chi connectivity index (χ1v) is 6.30. The van der Waals surface area contributed by atoms with Crippen molar-refractivity contribution in [3.05, 3.63) is 59.9 Å². The lowest BCUT2D eigenvalue weighted by Gasteiger charge is -2.02. The van der Waals surface area contributed by atoms with Crippen LogP contribution in [-0.2, 0) is 0 Å². The molecule has 0 bridgehead atoms. The first-order chi connectivity index (χ1) is 10.1. The maximum absolute atomic E-state index is 10.9. The Hall–Kier alpha value is -3.02. The van der Waals surface area contributed by atoms with E-state index in [9.17, 15) is 9.90 Å². The number of pyridine rings is 1. The predicted octanol–water partition coefficient (Wildman–Crippen LogP) is 1.00. The average molecular weight is 279 g/mol. The van der Waals surface area contributed by atoms with Gasteiger partial charge in [-0.15, -0.1) is 5.10 Å². The van der Waals surface area contributed by atoms with Crippen molar-refractivity contribution >= 4 is 5.97 Å². The maximum Gasteiger partial charge on any atom is 0.131 e. The van der Waals surface area contributed by atoms with E-state index in [1.807, 2.05) is 31.2 Å². The molecule has 0 atom stereocenters. The van der Waals surface area contributed by atoms with Gasteiger partial charge in [0.1, 0.15) is 5.69 Å². The minimum atomic E-state index is -1.25. The van der Waals surface area contributed by atoms with Gasteiger partial charge in [0.15, 0.2) is 0 Å². The summed E-state index contributed by atoms with van der Waals surface area (Å²) in [6.07, 6.45) is 3.11. The first kappa shape index (κ1) is 13.0. The summed E-state index contributed by atoms with van der Waals surface area (Å²) < 4.78 is 1.62. The third kappa shape index (κ3) is 2.64. The van der Waals surface area contributed by atoms with Crippen LogP contribution in [0.3, 0.4) is 0 Å². The summed E-state index contributed by atoms with van der Waals surface area (Å²) in [4.78, 5) is 15.0. The van der Waals surface area contributed by atoms with E-state index < -0.39 is 5.97 Å². The molecule has 21 heavy (non-hydrogen) atoms. The number of nitrogens with zero attached hydrogens (tertiary/aromatic N) is 4. The zero-order valence-electron chi connectivity index (χ0n) is 11.2. The van der Waals surface area contributed by atoms with Gasteiger partial charge < -0.3 is 9.90 Å². The van der Waals surface area contributed by atoms with Crippen molar-refractivity contribution in [3.63, 3.8) is 0 Å². The number of carbonyl (C=O) groups is 1. The normalized spacial score (nSPS) is 10.5. The number of rotatable bonds is 3. The second-order valence-corrected chi connectivity index (χ2v) is 4.60. The Morgan fingerprint density at radius 2 is 2.05 bits per heavy atom. The lowest BCUT2D eigenvalue weighted by atomic mass is 10.2. The van der Waals surface area contributed by atoms with Gasteiger partial charge in [-0.05, 0) is 36.8 Å². The molecule has 0 unspecified atom stereocenters. The molecule has 1 aromatic carbocycles. The zero-order valence-corrected chi connectivity index (χ0v) is 11.2. The molecule has 0 aliphatic carbocycles. The number of carbonyl (C=O) groups excluding carboxylic acids is 1. The largest absolute Gasteiger partial charge is 0.545 e. The van der Waals surface area contributed by atoms with Crippen LogP contribution in [0.1, 0.15) is 15.9 Å². The van der Waals surface area contributed by atoms with Gasteiger partial charge in [0.2, 0.25) is 0 Å². The minimum absolute atomic E-state index is 0.0603. The SMILES string of the molecule is Cc1cccc(-n2cc(-c3cc(C(=O)[O-])ccn3)nn2)c1. The van der Waals surface area contributed by atoms with Gasteiger partial charge in [0.25, 0.3) is 0 Å². The highest BCUT2D eigenvalue weighted by atomic mass is 16.4. The molecule has 104 valence electrons. The van der Waals surface area contributed by atoms with Gasteiger partial charge >= 0.3 is 0 Å². The van der Waals surface area contributed by atoms with Crippen LogP contribution in [0.25, 0.3) is 17.1 Å². The van der Waals surface area contributed by atoms with Gasteiger partial charge in [0, 0.05) is 11.8 Å². The molecule has 0 saturated heterocycles. The topological polar surface area (TPSA) is 83.7 Å². The molecule has 2 heterocycles. The van der Waals surface area contributed by atoms with Crippen LogP contribution >= 0.6 is 0 Å². The molecular formula is C15H11N4O2-. The highest BCUT2D eigenvalue weighted by Gasteiger charge is 2.07. The zero-order chi connectivity index (χ0) is 14.8. The van der Waals surface area contributed by atoms with E-state index >= 15 is 0 Å². The van der Waals surface area contributed by atoms with Crippen molar-refractivity contribution in [1.82, 2.24) is 20.0 Å². The summed E-state index contributed by atoms with van der Waals surface area (Å²) in [5.41, 5.74) is 2.99. The Bertz CT molecular complexity index is 811. The Balaban J connectivity index is 1.98. The molecule has 6 nitrogen and oxygen atoms in total. The van der Waals surface area contributed by atoms with E-state index in [2.05, 4.69) is 15.3 Å². The van der Waals surface area contributed by atoms with Crippen molar-refractivity contribution in [1.29, 1.82) is 0 Å². The lowest BCUT2D eigenvalue weighted by molar-refractivity contribution is -0.255. The van der Waals surface area contributed by atoms with Crippen LogP contribution < -0.4 is 5.11 Å². The molecule has 0 spiro atoms. The second kappa shape index (κ2) is 5.16. The number of hydrogen-bond acceptors (Lipinski definition) is 5. The van der Waals surface area contributed by atoms with E-state index in [0.717, 1.165) is 11.3 Å². The van der Waals surface area contributed by atoms with E-state index in [-0.39, 0.29) is 5.56 Å². The van der Waals surface area contributed by atoms with Crippen molar-refractivity contribution in [2.45, 2.75) is 6.92 Å². The Morgan fingerprint density at radius 3 is 2.81 bits per heavy atom. The number of carboxylic acids is 1. The molecule has 0 saturated carbocycles. The molecule has 3 aromatic rings. The van der Waals surface area contributed by atoms with Crippen LogP contribution in [0.15, 0.2) is 48.8 Å². The maximum atomic E-state index is 10.9. The van der Waals surface area contributed by atoms with E-state index in [1.165, 1.54) is 18.3 Å². The van der Waals surface area contributed by atoms with Crippen LogP contribution in [0.5, 0.6) is 0 Å². The summed E-state index contributed by atoms with van der Waals surface area (Å²) in [5.74, 6) is -1.25. The average Bonchev–Trinajstić information content (AvgIpc) is 2.97. The Kier molecular flexibility index (Phi) is 3.19. The van der Waals surface area contributed by atoms with Gasteiger partial charge in [-0.2, -0.15) is 0 Å². The lowest BCUT2D eigenvalue weighted by Crippen LogP contribution is -2.22. The fourth-order valence-corrected chi connectivity index (χ4v) is 1.98. The quantitative estimate of drug-likeness (QED) is 0.714. The highest BCUT2D eigenvalue weighted by Crippen LogP contribution is 2.17. The molecular weight excluding hydrogens is 268 g/mol. The van der Waals surface area contributed by atoms with Crippen molar-refractivity contribution in [2.75, 3.05) is 0 Å². The monoisotopic (exact) mass is 279 g/mol. The highest BCUT2D eigenvalue weighted by molar-refractivity contribution is 5.86. The number of aromatic nitrogens is 4. The summed E-state index contributed by atoms with van der Waals surface area (Å²) in [6.45, 7) is 1.99. The number of benzene rings is 1. The van der Waals surface area contributed by atoms with Crippen LogP contribution in [0.4, 0.5) is 0 Å². The third-order valence-corrected chi connectivity index (χ3v) is 3.02. The molecule has 0 fully saturated rings. The second-order valence-electron chi connectivity index (χ2n) is 4.60. The molecule has 0 N–H and O–H groups in total. The molecule has 6 heteroatoms. The summed E-state index contributed by atoms with van der Waals surface area (Å²) in [7, 11) is 0. The smallest absolute Gasteiger partial charge is 0.131 e. The molecule has 0 aliphatic rings. The standard InChI is InChI=1S/C15H12N4O2/c1-10-3-2-4-12(7-10)19-9-14(17-18-19)13-8-11(15(20)21)5-6-16-13/h2-9H,1H3,(H,20,21)/p-1. The first-order valence-electron chi connectivity index (χ1n) is 6.30. The van der Waals surface area contributed by atoms with Gasteiger partial charge in [-0.1, -0.05) is 17.3 Å². The van der Waals surface area contributed by atoms with Crippen LogP contribution in [-0.4, -0.2) is 25.9 Å². The van der Waals surface area contributed by atoms with Crippen LogP contribution in [0.2, 0.25) is 0 Å². The summed E-state index contributed by atoms with van der Waals surface area (Å²) in [5, 5.41) is 18.9. The van der Waals surface area contributed by atoms with E-state index in [1.54, 1.807) is 10.9 Å². The number of carboxylic acid groups (broad SMARTS) is 1. The third-order valence-electron chi connectivity index (χ3n) is 3.02. The fourth-order valence-electron chi connectivity index (χ4n) is 1.98. The Labute approximate surface area is 120 Å². The van der Waals surface area contributed by atoms with E-state index in [4.69, 9.17) is 0 Å². The molecule has 0 radical (unpaired) electrons. The number of aromatic carboxylic acids is 1. The predicted molar refractivity (Wildman–Crippen MR) is 73.7 cm³/mol. The van der Waals surface area contributed by atoms with Gasteiger partial charge in [-0.25, -0.2) is 4.68 Å². The van der Waals surface area contributed by atoms with Crippen molar-refractivity contribution in [2.24, 2.45) is 0 Å². The van der Waals surface area contributed by atoms with Crippen molar-refractivity contribution < 1.29 is 9.90 Å². The summed E-state index contributed by atoms with van der Waals surface area (Å²) >= 11 is 0. The fraction of sp³-hybridized carbons (Fsp3) is 0.0667. The minimum Gasteiger partial charge on any atom is -0.545 e. The molecule has 0 aliphatic heterocycles. The number of aryl methyl sites for hydroxylation is 1. The molecule has 2 aromatic heterocycles. The summed E-state index contributed by atoms with van der Waals surface area (Å²) in [6, 6.07) is 10.6. The van der Waals surface area contributed by atoms with Crippen molar-refractivity contribution in [3.8, 4) is 17.1 Å². The van der Waals surface area contributed by atoms with Crippen LogP contribution in [0, 0.1) is 6.92 Å². The molecule has 0 amide bonds. The van der Waals surface area contributed by atoms with Gasteiger partial charge in [-0.3, -0.25) is 4.98 Å². The Morgan fingerprint density at radius 1 is 1.19 bits per heavy atom. The van der Waals surface area contributed by atoms with Gasteiger partial charge in [0.05, 0.1) is 23.5 Å². The number of hydrogen-bond donors (Lipinski definition) is 0.